The highest BCUT2D eigenvalue weighted by Gasteiger charge is 2.17. The number of imidazole rings is 1. The average Bonchev–Trinajstić information content (AvgIpc) is 2.75. The van der Waals surface area contributed by atoms with E-state index in [1.165, 1.54) is 11.1 Å². The molecule has 0 radical (unpaired) electrons. The van der Waals surface area contributed by atoms with Crippen molar-refractivity contribution in [2.24, 2.45) is 7.05 Å². The normalized spacial score (nSPS) is 15.6. The summed E-state index contributed by atoms with van der Waals surface area (Å²) in [5.74, 6) is 1.12. The minimum absolute atomic E-state index is 0.867. The second-order valence-corrected chi connectivity index (χ2v) is 4.94. The summed E-state index contributed by atoms with van der Waals surface area (Å²) < 4.78 is 2.08. The minimum atomic E-state index is 0.867. The molecule has 18 heavy (non-hydrogen) atoms. The van der Waals surface area contributed by atoms with Gasteiger partial charge in [0.15, 0.2) is 0 Å². The smallest absolute Gasteiger partial charge is 0.122 e. The van der Waals surface area contributed by atoms with Crippen LogP contribution in [0, 0.1) is 0 Å². The molecule has 1 aromatic carbocycles. The van der Waals surface area contributed by atoms with Crippen molar-refractivity contribution >= 4 is 5.69 Å². The number of nitrogens with zero attached hydrogens (tertiary/aromatic N) is 3. The Morgan fingerprint density at radius 1 is 1.33 bits per heavy atom. The van der Waals surface area contributed by atoms with E-state index in [1.54, 1.807) is 0 Å². The number of benzene rings is 1. The lowest BCUT2D eigenvalue weighted by molar-refractivity contribution is 0.237. The SMILES string of the molecule is Cn1ccnc1CN1CCc2cc(N)ccc2C1. The number of nitrogens with two attached hydrogens (primary N) is 1. The van der Waals surface area contributed by atoms with Crippen LogP contribution in [0.15, 0.2) is 30.6 Å². The maximum atomic E-state index is 5.82. The van der Waals surface area contributed by atoms with Crippen LogP contribution in [-0.4, -0.2) is 21.0 Å². The lowest BCUT2D eigenvalue weighted by atomic mass is 9.99. The zero-order valence-corrected chi connectivity index (χ0v) is 10.6. The van der Waals surface area contributed by atoms with E-state index in [0.29, 0.717) is 0 Å². The zero-order valence-electron chi connectivity index (χ0n) is 10.6. The van der Waals surface area contributed by atoms with Crippen LogP contribution in [0.1, 0.15) is 17.0 Å². The summed E-state index contributed by atoms with van der Waals surface area (Å²) >= 11 is 0. The van der Waals surface area contributed by atoms with E-state index in [9.17, 15) is 0 Å². The Morgan fingerprint density at radius 2 is 2.22 bits per heavy atom. The van der Waals surface area contributed by atoms with Crippen molar-refractivity contribution in [2.45, 2.75) is 19.5 Å². The molecule has 94 valence electrons. The Labute approximate surface area is 107 Å². The molecule has 1 aliphatic heterocycles. The van der Waals surface area contributed by atoms with Gasteiger partial charge in [-0.1, -0.05) is 6.07 Å². The van der Waals surface area contributed by atoms with E-state index >= 15 is 0 Å². The Balaban J connectivity index is 1.75. The van der Waals surface area contributed by atoms with Crippen LogP contribution in [0.3, 0.4) is 0 Å². The number of aromatic nitrogens is 2. The zero-order chi connectivity index (χ0) is 12.5. The molecule has 4 nitrogen and oxygen atoms in total. The average molecular weight is 242 g/mol. The molecule has 2 aromatic rings. The van der Waals surface area contributed by atoms with Crippen LogP contribution in [0.25, 0.3) is 0 Å². The summed E-state index contributed by atoms with van der Waals surface area (Å²) in [4.78, 5) is 6.81. The molecule has 1 aromatic heterocycles. The minimum Gasteiger partial charge on any atom is -0.399 e. The van der Waals surface area contributed by atoms with Crippen LogP contribution in [0.2, 0.25) is 0 Å². The van der Waals surface area contributed by atoms with Gasteiger partial charge >= 0.3 is 0 Å². The largest absolute Gasteiger partial charge is 0.399 e. The summed E-state index contributed by atoms with van der Waals surface area (Å²) in [5, 5.41) is 0. The van der Waals surface area contributed by atoms with Gasteiger partial charge in [0.1, 0.15) is 5.82 Å². The molecule has 2 N–H and O–H groups in total. The molecule has 3 rings (SSSR count). The van der Waals surface area contributed by atoms with Gasteiger partial charge in [-0.15, -0.1) is 0 Å². The van der Waals surface area contributed by atoms with Crippen LogP contribution in [-0.2, 0) is 26.6 Å². The molecular weight excluding hydrogens is 224 g/mol. The highest BCUT2D eigenvalue weighted by atomic mass is 15.2. The van der Waals surface area contributed by atoms with E-state index in [4.69, 9.17) is 5.73 Å². The Kier molecular flexibility index (Phi) is 2.80. The Morgan fingerprint density at radius 3 is 3.00 bits per heavy atom. The summed E-state index contributed by atoms with van der Waals surface area (Å²) in [7, 11) is 2.04. The number of rotatable bonds is 2. The monoisotopic (exact) mass is 242 g/mol. The Bertz CT molecular complexity index is 559. The number of fused-ring (bicyclic) bond motifs is 1. The van der Waals surface area contributed by atoms with Gasteiger partial charge in [-0.05, 0) is 29.7 Å². The van der Waals surface area contributed by atoms with Crippen molar-refractivity contribution in [3.63, 3.8) is 0 Å². The van der Waals surface area contributed by atoms with Gasteiger partial charge in [0.2, 0.25) is 0 Å². The molecule has 0 saturated carbocycles. The van der Waals surface area contributed by atoms with Crippen molar-refractivity contribution in [3.05, 3.63) is 47.5 Å². The third kappa shape index (κ3) is 2.11. The summed E-state index contributed by atoms with van der Waals surface area (Å²) in [6, 6.07) is 6.24. The highest BCUT2D eigenvalue weighted by molar-refractivity contribution is 5.45. The van der Waals surface area contributed by atoms with Gasteiger partial charge < -0.3 is 10.3 Å². The number of aryl methyl sites for hydroxylation is 1. The van der Waals surface area contributed by atoms with E-state index in [1.807, 2.05) is 25.5 Å². The highest BCUT2D eigenvalue weighted by Crippen LogP contribution is 2.22. The van der Waals surface area contributed by atoms with Gasteiger partial charge in [0.05, 0.1) is 6.54 Å². The van der Waals surface area contributed by atoms with Crippen molar-refractivity contribution < 1.29 is 0 Å². The fraction of sp³-hybridized carbons (Fsp3) is 0.357. The van der Waals surface area contributed by atoms with Crippen molar-refractivity contribution in [1.29, 1.82) is 0 Å². The topological polar surface area (TPSA) is 47.1 Å². The predicted molar refractivity (Wildman–Crippen MR) is 71.9 cm³/mol. The van der Waals surface area contributed by atoms with E-state index < -0.39 is 0 Å². The van der Waals surface area contributed by atoms with Crippen LogP contribution in [0.4, 0.5) is 5.69 Å². The fourth-order valence-electron chi connectivity index (χ4n) is 2.52. The van der Waals surface area contributed by atoms with Crippen molar-refractivity contribution in [2.75, 3.05) is 12.3 Å². The second-order valence-electron chi connectivity index (χ2n) is 4.94. The Hall–Kier alpha value is -1.81. The molecule has 2 heterocycles. The quantitative estimate of drug-likeness (QED) is 0.813. The van der Waals surface area contributed by atoms with Crippen molar-refractivity contribution in [1.82, 2.24) is 14.5 Å². The molecule has 0 fully saturated rings. The summed E-state index contributed by atoms with van der Waals surface area (Å²) in [5.41, 5.74) is 9.47. The molecule has 0 saturated heterocycles. The first-order chi connectivity index (χ1) is 8.72. The first-order valence-electron chi connectivity index (χ1n) is 6.28. The molecule has 0 spiro atoms. The van der Waals surface area contributed by atoms with Crippen molar-refractivity contribution in [3.8, 4) is 0 Å². The molecule has 0 unspecified atom stereocenters. The molecule has 0 aliphatic carbocycles. The summed E-state index contributed by atoms with van der Waals surface area (Å²) in [6.45, 7) is 2.97. The number of hydrogen-bond donors (Lipinski definition) is 1. The first-order valence-corrected chi connectivity index (χ1v) is 6.28. The molecule has 1 aliphatic rings. The second kappa shape index (κ2) is 4.46. The van der Waals surface area contributed by atoms with E-state index in [0.717, 1.165) is 37.6 Å². The van der Waals surface area contributed by atoms with E-state index in [-0.39, 0.29) is 0 Å². The fourth-order valence-corrected chi connectivity index (χ4v) is 2.52. The third-order valence-electron chi connectivity index (χ3n) is 3.61. The van der Waals surface area contributed by atoms with Gasteiger partial charge in [0.25, 0.3) is 0 Å². The first kappa shape index (κ1) is 11.3. The molecule has 0 amide bonds. The lowest BCUT2D eigenvalue weighted by Crippen LogP contribution is -2.31. The molecule has 4 heteroatoms. The van der Waals surface area contributed by atoms with Crippen LogP contribution in [0.5, 0.6) is 0 Å². The van der Waals surface area contributed by atoms with Crippen LogP contribution >= 0.6 is 0 Å². The van der Waals surface area contributed by atoms with Gasteiger partial charge in [-0.25, -0.2) is 4.98 Å². The molecule has 0 atom stereocenters. The maximum absolute atomic E-state index is 5.82. The number of anilines is 1. The standard InChI is InChI=1S/C14H18N4/c1-17-7-5-16-14(17)10-18-6-4-11-8-13(15)3-2-12(11)9-18/h2-3,5,7-8H,4,6,9-10,15H2,1H3. The van der Waals surface area contributed by atoms with Crippen LogP contribution < -0.4 is 5.73 Å². The molecule has 0 bridgehead atoms. The maximum Gasteiger partial charge on any atom is 0.122 e. The van der Waals surface area contributed by atoms with Gasteiger partial charge in [0, 0.05) is 38.2 Å². The van der Waals surface area contributed by atoms with Gasteiger partial charge in [-0.3, -0.25) is 4.90 Å². The van der Waals surface area contributed by atoms with Gasteiger partial charge in [-0.2, -0.15) is 0 Å². The third-order valence-corrected chi connectivity index (χ3v) is 3.61. The van der Waals surface area contributed by atoms with E-state index in [2.05, 4.69) is 26.6 Å². The number of nitrogen functional groups attached to an aromatic ring is 1. The number of hydrogen-bond acceptors (Lipinski definition) is 3. The predicted octanol–water partition coefficient (Wildman–Crippen LogP) is 1.56. The summed E-state index contributed by atoms with van der Waals surface area (Å²) in [6.07, 6.45) is 4.92. The lowest BCUT2D eigenvalue weighted by Gasteiger charge is -2.28. The molecular formula is C14H18N4.